The molecule has 2 nitrogen and oxygen atoms in total. The maximum absolute atomic E-state index is 5.94. The van der Waals surface area contributed by atoms with E-state index in [2.05, 4.69) is 24.0 Å². The zero-order valence-electron chi connectivity index (χ0n) is 11.2. The van der Waals surface area contributed by atoms with Crippen LogP contribution in [0.2, 0.25) is 0 Å². The van der Waals surface area contributed by atoms with Crippen LogP contribution in [0, 0.1) is 11.8 Å². The smallest absolute Gasteiger partial charge is 0.0278 e. The second-order valence-electron chi connectivity index (χ2n) is 5.30. The van der Waals surface area contributed by atoms with E-state index in [1.165, 1.54) is 37.0 Å². The average molecular weight is 264 g/mol. The summed E-state index contributed by atoms with van der Waals surface area (Å²) in [5, 5.41) is 0.697. The summed E-state index contributed by atoms with van der Waals surface area (Å²) in [6.45, 7) is 3.13. The number of aromatic nitrogens is 1. The lowest BCUT2D eigenvalue weighted by Gasteiger charge is -2.35. The first-order valence-corrected chi connectivity index (χ1v) is 7.98. The van der Waals surface area contributed by atoms with Crippen LogP contribution in [0.3, 0.4) is 0 Å². The Morgan fingerprint density at radius 2 is 2.11 bits per heavy atom. The van der Waals surface area contributed by atoms with E-state index in [0.717, 1.165) is 12.5 Å². The van der Waals surface area contributed by atoms with Crippen molar-refractivity contribution in [1.29, 1.82) is 0 Å². The predicted molar refractivity (Wildman–Crippen MR) is 78.7 cm³/mol. The molecule has 3 heteroatoms. The summed E-state index contributed by atoms with van der Waals surface area (Å²) in [7, 11) is 0. The van der Waals surface area contributed by atoms with Gasteiger partial charge < -0.3 is 5.73 Å². The Bertz CT molecular complexity index is 342. The lowest BCUT2D eigenvalue weighted by atomic mass is 9.80. The largest absolute Gasteiger partial charge is 0.330 e. The summed E-state index contributed by atoms with van der Waals surface area (Å²) in [6, 6.07) is 4.23. The SMILES string of the molecule is CCCC1CCC(CN)C(Sc2ccncc2)C1. The van der Waals surface area contributed by atoms with Crippen molar-refractivity contribution in [3.05, 3.63) is 24.5 Å². The number of thioether (sulfide) groups is 1. The van der Waals surface area contributed by atoms with Gasteiger partial charge in [-0.25, -0.2) is 0 Å². The molecule has 100 valence electrons. The molecular formula is C15H24N2S. The Morgan fingerprint density at radius 3 is 2.78 bits per heavy atom. The summed E-state index contributed by atoms with van der Waals surface area (Å²) in [6.07, 6.45) is 10.5. The highest BCUT2D eigenvalue weighted by Gasteiger charge is 2.29. The quantitative estimate of drug-likeness (QED) is 0.881. The molecule has 3 atom stereocenters. The molecule has 1 aromatic heterocycles. The van der Waals surface area contributed by atoms with E-state index < -0.39 is 0 Å². The molecular weight excluding hydrogens is 240 g/mol. The summed E-state index contributed by atoms with van der Waals surface area (Å²) in [5.41, 5.74) is 5.94. The van der Waals surface area contributed by atoms with E-state index in [4.69, 9.17) is 5.73 Å². The van der Waals surface area contributed by atoms with Crippen LogP contribution in [-0.4, -0.2) is 16.8 Å². The molecule has 0 aliphatic heterocycles. The second kappa shape index (κ2) is 7.15. The van der Waals surface area contributed by atoms with E-state index in [1.807, 2.05) is 24.2 Å². The van der Waals surface area contributed by atoms with Gasteiger partial charge in [-0.05, 0) is 43.4 Å². The van der Waals surface area contributed by atoms with Gasteiger partial charge in [-0.1, -0.05) is 26.2 Å². The topological polar surface area (TPSA) is 38.9 Å². The van der Waals surface area contributed by atoms with Crippen LogP contribution in [-0.2, 0) is 0 Å². The third-order valence-electron chi connectivity index (χ3n) is 3.97. The molecule has 0 spiro atoms. The van der Waals surface area contributed by atoms with Crippen LogP contribution >= 0.6 is 11.8 Å². The minimum Gasteiger partial charge on any atom is -0.330 e. The van der Waals surface area contributed by atoms with Gasteiger partial charge in [-0.15, -0.1) is 11.8 Å². The van der Waals surface area contributed by atoms with Gasteiger partial charge in [-0.2, -0.15) is 0 Å². The zero-order chi connectivity index (χ0) is 12.8. The molecule has 0 aromatic carbocycles. The molecule has 1 fully saturated rings. The summed E-state index contributed by atoms with van der Waals surface area (Å²) in [5.74, 6) is 1.61. The van der Waals surface area contributed by atoms with Crippen molar-refractivity contribution in [3.8, 4) is 0 Å². The molecule has 1 heterocycles. The predicted octanol–water partition coefficient (Wildman–Crippen LogP) is 3.72. The number of hydrogen-bond donors (Lipinski definition) is 1. The molecule has 1 aliphatic rings. The molecule has 1 aliphatic carbocycles. The first-order chi connectivity index (χ1) is 8.83. The maximum Gasteiger partial charge on any atom is 0.0278 e. The summed E-state index contributed by atoms with van der Waals surface area (Å²) in [4.78, 5) is 5.42. The first kappa shape index (κ1) is 13.9. The first-order valence-electron chi connectivity index (χ1n) is 7.10. The van der Waals surface area contributed by atoms with E-state index in [9.17, 15) is 0 Å². The van der Waals surface area contributed by atoms with Crippen molar-refractivity contribution >= 4 is 11.8 Å². The van der Waals surface area contributed by atoms with Crippen molar-refractivity contribution in [3.63, 3.8) is 0 Å². The van der Waals surface area contributed by atoms with Gasteiger partial charge >= 0.3 is 0 Å². The molecule has 1 saturated carbocycles. The van der Waals surface area contributed by atoms with Crippen LogP contribution in [0.1, 0.15) is 39.0 Å². The van der Waals surface area contributed by atoms with Crippen LogP contribution in [0.5, 0.6) is 0 Å². The van der Waals surface area contributed by atoms with Crippen molar-refractivity contribution in [1.82, 2.24) is 4.98 Å². The fourth-order valence-corrected chi connectivity index (χ4v) is 4.39. The number of nitrogens with zero attached hydrogens (tertiary/aromatic N) is 1. The highest BCUT2D eigenvalue weighted by molar-refractivity contribution is 8.00. The van der Waals surface area contributed by atoms with Gasteiger partial charge in [-0.3, -0.25) is 4.98 Å². The number of rotatable bonds is 5. The molecule has 1 aromatic rings. The van der Waals surface area contributed by atoms with Crippen LogP contribution in [0.25, 0.3) is 0 Å². The molecule has 0 radical (unpaired) electrons. The lowest BCUT2D eigenvalue weighted by Crippen LogP contribution is -2.32. The Morgan fingerprint density at radius 1 is 1.33 bits per heavy atom. The Kier molecular flexibility index (Phi) is 5.51. The fourth-order valence-electron chi connectivity index (χ4n) is 2.95. The normalized spacial score (nSPS) is 28.2. The number of pyridine rings is 1. The average Bonchev–Trinajstić information content (AvgIpc) is 2.41. The summed E-state index contributed by atoms with van der Waals surface area (Å²) >= 11 is 2.01. The number of nitrogens with two attached hydrogens (primary N) is 1. The van der Waals surface area contributed by atoms with E-state index in [-0.39, 0.29) is 0 Å². The van der Waals surface area contributed by atoms with E-state index in [1.54, 1.807) is 0 Å². The maximum atomic E-state index is 5.94. The van der Waals surface area contributed by atoms with Crippen molar-refractivity contribution in [2.75, 3.05) is 6.54 Å². The van der Waals surface area contributed by atoms with Gasteiger partial charge in [0, 0.05) is 22.5 Å². The molecule has 3 unspecified atom stereocenters. The van der Waals surface area contributed by atoms with Crippen molar-refractivity contribution in [2.45, 2.75) is 49.2 Å². The third-order valence-corrected chi connectivity index (χ3v) is 5.40. The fraction of sp³-hybridized carbons (Fsp3) is 0.667. The summed E-state index contributed by atoms with van der Waals surface area (Å²) < 4.78 is 0. The van der Waals surface area contributed by atoms with Crippen LogP contribution < -0.4 is 5.73 Å². The van der Waals surface area contributed by atoms with E-state index in [0.29, 0.717) is 11.2 Å². The highest BCUT2D eigenvalue weighted by atomic mass is 32.2. The second-order valence-corrected chi connectivity index (χ2v) is 6.62. The molecule has 0 amide bonds. The number of hydrogen-bond acceptors (Lipinski definition) is 3. The van der Waals surface area contributed by atoms with Crippen molar-refractivity contribution < 1.29 is 0 Å². The molecule has 0 bridgehead atoms. The van der Waals surface area contributed by atoms with Gasteiger partial charge in [0.15, 0.2) is 0 Å². The molecule has 0 saturated heterocycles. The zero-order valence-corrected chi connectivity index (χ0v) is 12.0. The molecule has 2 N–H and O–H groups in total. The Hall–Kier alpha value is -0.540. The van der Waals surface area contributed by atoms with Crippen molar-refractivity contribution in [2.24, 2.45) is 17.6 Å². The van der Waals surface area contributed by atoms with E-state index >= 15 is 0 Å². The van der Waals surface area contributed by atoms with Crippen LogP contribution in [0.4, 0.5) is 0 Å². The van der Waals surface area contributed by atoms with Crippen LogP contribution in [0.15, 0.2) is 29.4 Å². The Labute approximate surface area is 115 Å². The Balaban J connectivity index is 1.98. The standard InChI is InChI=1S/C15H24N2S/c1-2-3-12-4-5-13(11-16)15(10-12)18-14-6-8-17-9-7-14/h6-9,12-13,15H,2-5,10-11,16H2,1H3. The molecule has 2 rings (SSSR count). The van der Waals surface area contributed by atoms with Gasteiger partial charge in [0.25, 0.3) is 0 Å². The molecule has 18 heavy (non-hydrogen) atoms. The highest BCUT2D eigenvalue weighted by Crippen LogP contribution is 2.40. The van der Waals surface area contributed by atoms with Gasteiger partial charge in [0.05, 0.1) is 0 Å². The monoisotopic (exact) mass is 264 g/mol. The third kappa shape index (κ3) is 3.72. The minimum absolute atomic E-state index is 0.691. The minimum atomic E-state index is 0.691. The lowest BCUT2D eigenvalue weighted by molar-refractivity contribution is 0.276. The van der Waals surface area contributed by atoms with Gasteiger partial charge in [0.1, 0.15) is 0 Å². The van der Waals surface area contributed by atoms with Gasteiger partial charge in [0.2, 0.25) is 0 Å².